The van der Waals surface area contributed by atoms with E-state index in [0.717, 1.165) is 5.56 Å². The molecule has 0 fully saturated rings. The van der Waals surface area contributed by atoms with E-state index in [1.165, 1.54) is 9.80 Å². The number of nitrogens with zero attached hydrogens (tertiary/aromatic N) is 2. The van der Waals surface area contributed by atoms with E-state index in [0.29, 0.717) is 12.1 Å². The number of rotatable bonds is 4. The second-order valence-electron chi connectivity index (χ2n) is 4.35. The molecule has 0 saturated heterocycles. The fraction of sp³-hybridized carbons (Fsp3) is 0.385. The Kier molecular flexibility index (Phi) is 4.85. The number of nitrogens with two attached hydrogens (primary N) is 1. The smallest absolute Gasteiger partial charge is 0.254 e. The van der Waals surface area contributed by atoms with Gasteiger partial charge in [0.2, 0.25) is 5.91 Å². The van der Waals surface area contributed by atoms with Gasteiger partial charge in [-0.25, -0.2) is 0 Å². The Labute approximate surface area is 107 Å². The SMILES string of the molecule is CN(C)C(=O)CN(C)C(=O)c1ccc(CN)cc1. The van der Waals surface area contributed by atoms with E-state index in [2.05, 4.69) is 0 Å². The van der Waals surface area contributed by atoms with E-state index < -0.39 is 0 Å². The van der Waals surface area contributed by atoms with Gasteiger partial charge < -0.3 is 15.5 Å². The summed E-state index contributed by atoms with van der Waals surface area (Å²) in [6.07, 6.45) is 0. The highest BCUT2D eigenvalue weighted by Gasteiger charge is 2.15. The number of carbonyl (C=O) groups excluding carboxylic acids is 2. The number of amides is 2. The van der Waals surface area contributed by atoms with Crippen LogP contribution in [0.5, 0.6) is 0 Å². The van der Waals surface area contributed by atoms with Gasteiger partial charge >= 0.3 is 0 Å². The first-order valence-corrected chi connectivity index (χ1v) is 5.70. The van der Waals surface area contributed by atoms with Crippen LogP contribution >= 0.6 is 0 Å². The molecule has 0 aliphatic heterocycles. The minimum absolute atomic E-state index is 0.0739. The number of hydrogen-bond acceptors (Lipinski definition) is 3. The third-order valence-electron chi connectivity index (χ3n) is 2.65. The first kappa shape index (κ1) is 14.2. The average molecular weight is 249 g/mol. The molecule has 0 saturated carbocycles. The van der Waals surface area contributed by atoms with E-state index >= 15 is 0 Å². The van der Waals surface area contributed by atoms with Gasteiger partial charge in [0.1, 0.15) is 0 Å². The van der Waals surface area contributed by atoms with Crippen LogP contribution in [0.1, 0.15) is 15.9 Å². The zero-order chi connectivity index (χ0) is 13.7. The van der Waals surface area contributed by atoms with Gasteiger partial charge in [-0.2, -0.15) is 0 Å². The summed E-state index contributed by atoms with van der Waals surface area (Å²) >= 11 is 0. The predicted octanol–water partition coefficient (Wildman–Crippen LogP) is 0.306. The van der Waals surface area contributed by atoms with E-state index in [4.69, 9.17) is 5.73 Å². The Balaban J connectivity index is 2.70. The maximum atomic E-state index is 12.0. The zero-order valence-electron chi connectivity index (χ0n) is 11.0. The lowest BCUT2D eigenvalue weighted by molar-refractivity contribution is -0.129. The maximum absolute atomic E-state index is 12.0. The van der Waals surface area contributed by atoms with Crippen molar-refractivity contribution in [3.63, 3.8) is 0 Å². The highest BCUT2D eigenvalue weighted by atomic mass is 16.2. The summed E-state index contributed by atoms with van der Waals surface area (Å²) in [6, 6.07) is 7.08. The van der Waals surface area contributed by atoms with Crippen LogP contribution in [0.3, 0.4) is 0 Å². The second-order valence-corrected chi connectivity index (χ2v) is 4.35. The molecule has 0 spiro atoms. The fourth-order valence-corrected chi connectivity index (χ4v) is 1.42. The Hall–Kier alpha value is -1.88. The van der Waals surface area contributed by atoms with Crippen molar-refractivity contribution in [1.29, 1.82) is 0 Å². The number of benzene rings is 1. The molecule has 5 nitrogen and oxygen atoms in total. The maximum Gasteiger partial charge on any atom is 0.254 e. The standard InChI is InChI=1S/C13H19N3O2/c1-15(2)12(17)9-16(3)13(18)11-6-4-10(8-14)5-7-11/h4-7H,8-9,14H2,1-3H3. The van der Waals surface area contributed by atoms with Crippen LogP contribution in [-0.4, -0.2) is 49.3 Å². The summed E-state index contributed by atoms with van der Waals surface area (Å²) < 4.78 is 0. The molecule has 2 amide bonds. The third-order valence-corrected chi connectivity index (χ3v) is 2.65. The lowest BCUT2D eigenvalue weighted by atomic mass is 10.1. The van der Waals surface area contributed by atoms with Crippen molar-refractivity contribution in [3.8, 4) is 0 Å². The summed E-state index contributed by atoms with van der Waals surface area (Å²) in [5.41, 5.74) is 7.02. The molecule has 0 unspecified atom stereocenters. The van der Waals surface area contributed by atoms with Gasteiger partial charge in [-0.05, 0) is 17.7 Å². The van der Waals surface area contributed by atoms with E-state index in [-0.39, 0.29) is 18.4 Å². The van der Waals surface area contributed by atoms with Crippen molar-refractivity contribution in [2.75, 3.05) is 27.7 Å². The molecule has 0 aromatic heterocycles. The van der Waals surface area contributed by atoms with Crippen molar-refractivity contribution >= 4 is 11.8 Å². The lowest BCUT2D eigenvalue weighted by Crippen LogP contribution is -2.37. The van der Waals surface area contributed by atoms with Gasteiger partial charge in [-0.3, -0.25) is 9.59 Å². The lowest BCUT2D eigenvalue weighted by Gasteiger charge is -2.19. The molecule has 1 rings (SSSR count). The first-order chi connectivity index (χ1) is 8.45. The van der Waals surface area contributed by atoms with Crippen LogP contribution in [0.25, 0.3) is 0 Å². The molecule has 0 bridgehead atoms. The number of hydrogen-bond donors (Lipinski definition) is 1. The topological polar surface area (TPSA) is 66.6 Å². The minimum atomic E-state index is -0.172. The molecule has 0 aliphatic carbocycles. The van der Waals surface area contributed by atoms with Gasteiger partial charge in [0.15, 0.2) is 0 Å². The van der Waals surface area contributed by atoms with Crippen molar-refractivity contribution < 1.29 is 9.59 Å². The quantitative estimate of drug-likeness (QED) is 0.835. The normalized spacial score (nSPS) is 10.0. The minimum Gasteiger partial charge on any atom is -0.347 e. The van der Waals surface area contributed by atoms with Gasteiger partial charge in [-0.1, -0.05) is 12.1 Å². The highest BCUT2D eigenvalue weighted by Crippen LogP contribution is 2.06. The van der Waals surface area contributed by atoms with Crippen LogP contribution in [0.15, 0.2) is 24.3 Å². The Morgan fingerprint density at radius 1 is 1.11 bits per heavy atom. The largest absolute Gasteiger partial charge is 0.347 e. The summed E-state index contributed by atoms with van der Waals surface area (Å²) in [5.74, 6) is -0.279. The monoisotopic (exact) mass is 249 g/mol. The molecule has 0 aliphatic rings. The molecule has 1 aromatic rings. The number of carbonyl (C=O) groups is 2. The molecular weight excluding hydrogens is 230 g/mol. The van der Waals surface area contributed by atoms with Gasteiger partial charge in [0, 0.05) is 33.3 Å². The Morgan fingerprint density at radius 3 is 2.11 bits per heavy atom. The van der Waals surface area contributed by atoms with Crippen LogP contribution in [0, 0.1) is 0 Å². The van der Waals surface area contributed by atoms with Crippen LogP contribution in [0.2, 0.25) is 0 Å². The molecular formula is C13H19N3O2. The van der Waals surface area contributed by atoms with E-state index in [1.807, 2.05) is 12.1 Å². The van der Waals surface area contributed by atoms with Crippen molar-refractivity contribution in [1.82, 2.24) is 9.80 Å². The molecule has 0 atom stereocenters. The number of likely N-dealkylation sites (N-methyl/N-ethyl adjacent to an activating group) is 2. The first-order valence-electron chi connectivity index (χ1n) is 5.70. The summed E-state index contributed by atoms with van der Waals surface area (Å²) in [4.78, 5) is 26.4. The molecule has 0 heterocycles. The van der Waals surface area contributed by atoms with Crippen LogP contribution < -0.4 is 5.73 Å². The fourth-order valence-electron chi connectivity index (χ4n) is 1.42. The summed E-state index contributed by atoms with van der Waals surface area (Å²) in [6.45, 7) is 0.522. The highest BCUT2D eigenvalue weighted by molar-refractivity contribution is 5.96. The molecule has 2 N–H and O–H groups in total. The molecule has 5 heteroatoms. The van der Waals surface area contributed by atoms with Crippen LogP contribution in [-0.2, 0) is 11.3 Å². The Morgan fingerprint density at radius 2 is 1.67 bits per heavy atom. The van der Waals surface area contributed by atoms with E-state index in [9.17, 15) is 9.59 Å². The van der Waals surface area contributed by atoms with E-state index in [1.54, 1.807) is 33.3 Å². The summed E-state index contributed by atoms with van der Waals surface area (Å²) in [7, 11) is 4.94. The summed E-state index contributed by atoms with van der Waals surface area (Å²) in [5, 5.41) is 0. The van der Waals surface area contributed by atoms with Gasteiger partial charge in [0.05, 0.1) is 6.54 Å². The Bertz CT molecular complexity index is 426. The predicted molar refractivity (Wildman–Crippen MR) is 70.0 cm³/mol. The molecule has 18 heavy (non-hydrogen) atoms. The van der Waals surface area contributed by atoms with Crippen LogP contribution in [0.4, 0.5) is 0 Å². The molecule has 1 aromatic carbocycles. The van der Waals surface area contributed by atoms with Crippen molar-refractivity contribution in [2.24, 2.45) is 5.73 Å². The molecule has 0 radical (unpaired) electrons. The van der Waals surface area contributed by atoms with Crippen molar-refractivity contribution in [3.05, 3.63) is 35.4 Å². The zero-order valence-corrected chi connectivity index (χ0v) is 11.0. The van der Waals surface area contributed by atoms with Gasteiger partial charge in [0.25, 0.3) is 5.91 Å². The molecule has 98 valence electrons. The van der Waals surface area contributed by atoms with Crippen molar-refractivity contribution in [2.45, 2.75) is 6.54 Å². The second kappa shape index (κ2) is 6.16. The average Bonchev–Trinajstić information content (AvgIpc) is 2.37. The third kappa shape index (κ3) is 3.56. The van der Waals surface area contributed by atoms with Gasteiger partial charge in [-0.15, -0.1) is 0 Å².